The second-order valence-electron chi connectivity index (χ2n) is 3.58. The van der Waals surface area contributed by atoms with Crippen LogP contribution in [0.3, 0.4) is 0 Å². The van der Waals surface area contributed by atoms with Crippen LogP contribution in [0.15, 0.2) is 0 Å². The van der Waals surface area contributed by atoms with Crippen molar-refractivity contribution < 1.29 is 40.2 Å². The summed E-state index contributed by atoms with van der Waals surface area (Å²) in [4.78, 5) is 10.5. The van der Waals surface area contributed by atoms with Crippen molar-refractivity contribution in [2.75, 3.05) is 6.61 Å². The van der Waals surface area contributed by atoms with Crippen LogP contribution in [0.25, 0.3) is 0 Å². The van der Waals surface area contributed by atoms with Crippen molar-refractivity contribution >= 4 is 5.97 Å². The highest BCUT2D eigenvalue weighted by atomic mass is 16.6. The average Bonchev–Trinajstić information content (AvgIpc) is 2.25. The first kappa shape index (κ1) is 13.3. The Morgan fingerprint density at radius 3 is 2.19 bits per heavy atom. The van der Waals surface area contributed by atoms with Crippen molar-refractivity contribution in [3.8, 4) is 0 Å². The maximum atomic E-state index is 10.5. The Labute approximate surface area is 90.3 Å². The van der Waals surface area contributed by atoms with Gasteiger partial charge >= 0.3 is 5.97 Å². The quantitative estimate of drug-likeness (QED) is 0.294. The van der Waals surface area contributed by atoms with Gasteiger partial charge in [-0.3, -0.25) is 0 Å². The summed E-state index contributed by atoms with van der Waals surface area (Å²) in [5, 5.41) is 54.6. The van der Waals surface area contributed by atoms with E-state index in [1.54, 1.807) is 0 Å². The smallest absolute Gasteiger partial charge is 0.335 e. The van der Waals surface area contributed by atoms with Gasteiger partial charge in [-0.15, -0.1) is 0 Å². The minimum Gasteiger partial charge on any atom is -0.479 e. The highest BCUT2D eigenvalue weighted by Gasteiger charge is 2.47. The summed E-state index contributed by atoms with van der Waals surface area (Å²) >= 11 is 0. The minimum atomic E-state index is -2.05. The van der Waals surface area contributed by atoms with Crippen LogP contribution in [0.4, 0.5) is 0 Å². The molecule has 0 aliphatic carbocycles. The molecule has 1 aliphatic heterocycles. The van der Waals surface area contributed by atoms with E-state index in [4.69, 9.17) is 14.9 Å². The van der Waals surface area contributed by atoms with Gasteiger partial charge in [-0.25, -0.2) is 4.79 Å². The van der Waals surface area contributed by atoms with Gasteiger partial charge in [-0.1, -0.05) is 0 Å². The Morgan fingerprint density at radius 1 is 1.19 bits per heavy atom. The number of hydrogen-bond acceptors (Lipinski definition) is 7. The molecule has 0 spiro atoms. The maximum absolute atomic E-state index is 10.5. The van der Waals surface area contributed by atoms with E-state index < -0.39 is 49.2 Å². The number of carboxylic acid groups (broad SMARTS) is 1. The molecular formula is C8H14O8. The number of ether oxygens (including phenoxy) is 1. The minimum absolute atomic E-state index is 0.673. The Bertz CT molecular complexity index is 254. The zero-order valence-corrected chi connectivity index (χ0v) is 8.17. The van der Waals surface area contributed by atoms with Gasteiger partial charge in [0.15, 0.2) is 6.10 Å². The van der Waals surface area contributed by atoms with E-state index >= 15 is 0 Å². The van der Waals surface area contributed by atoms with E-state index in [1.807, 2.05) is 0 Å². The number of aliphatic carboxylic acids is 1. The molecule has 1 saturated heterocycles. The summed E-state index contributed by atoms with van der Waals surface area (Å²) in [6, 6.07) is 0. The predicted molar refractivity (Wildman–Crippen MR) is 47.4 cm³/mol. The molecule has 1 heterocycles. The summed E-state index contributed by atoms with van der Waals surface area (Å²) in [5.74, 6) is -1.63. The fourth-order valence-electron chi connectivity index (χ4n) is 1.53. The molecule has 8 heteroatoms. The number of hydrogen-bond donors (Lipinski definition) is 6. The van der Waals surface area contributed by atoms with E-state index in [0.29, 0.717) is 0 Å². The molecule has 0 bridgehead atoms. The summed E-state index contributed by atoms with van der Waals surface area (Å²) in [6.07, 6.45) is -9.89. The van der Waals surface area contributed by atoms with E-state index in [9.17, 15) is 25.2 Å². The number of aliphatic hydroxyl groups excluding tert-OH is 5. The molecule has 1 aliphatic rings. The molecule has 6 N–H and O–H groups in total. The Morgan fingerprint density at radius 2 is 1.75 bits per heavy atom. The lowest BCUT2D eigenvalue weighted by atomic mass is 9.92. The summed E-state index contributed by atoms with van der Waals surface area (Å²) in [7, 11) is 0. The second-order valence-corrected chi connectivity index (χ2v) is 3.58. The zero-order chi connectivity index (χ0) is 12.5. The van der Waals surface area contributed by atoms with Gasteiger partial charge in [0.05, 0.1) is 6.61 Å². The van der Waals surface area contributed by atoms with Crippen molar-refractivity contribution in [3.05, 3.63) is 0 Å². The van der Waals surface area contributed by atoms with Gasteiger partial charge in [-0.2, -0.15) is 0 Å². The van der Waals surface area contributed by atoms with Gasteiger partial charge in [0.1, 0.15) is 30.5 Å². The lowest BCUT2D eigenvalue weighted by molar-refractivity contribution is -0.249. The third-order valence-corrected chi connectivity index (χ3v) is 2.49. The summed E-state index contributed by atoms with van der Waals surface area (Å²) in [6.45, 7) is -0.673. The molecule has 0 radical (unpaired) electrons. The lowest BCUT2D eigenvalue weighted by Gasteiger charge is -2.40. The van der Waals surface area contributed by atoms with Gasteiger partial charge in [0.25, 0.3) is 0 Å². The number of rotatable bonds is 3. The number of aliphatic hydroxyl groups is 5. The first-order valence-corrected chi connectivity index (χ1v) is 4.61. The first-order valence-electron chi connectivity index (χ1n) is 4.61. The monoisotopic (exact) mass is 238 g/mol. The Kier molecular flexibility index (Phi) is 4.19. The topological polar surface area (TPSA) is 148 Å². The van der Waals surface area contributed by atoms with E-state index in [0.717, 1.165) is 0 Å². The average molecular weight is 238 g/mol. The van der Waals surface area contributed by atoms with E-state index in [-0.39, 0.29) is 0 Å². The zero-order valence-electron chi connectivity index (χ0n) is 8.17. The van der Waals surface area contributed by atoms with Crippen molar-refractivity contribution in [1.82, 2.24) is 0 Å². The lowest BCUT2D eigenvalue weighted by Crippen LogP contribution is -2.62. The van der Waals surface area contributed by atoms with Crippen molar-refractivity contribution in [2.45, 2.75) is 36.6 Å². The Balaban J connectivity index is 2.82. The number of carboxylic acids is 1. The molecular weight excluding hydrogens is 224 g/mol. The molecule has 0 aromatic rings. The van der Waals surface area contributed by atoms with Gasteiger partial charge in [0, 0.05) is 0 Å². The third kappa shape index (κ3) is 2.32. The van der Waals surface area contributed by atoms with Crippen LogP contribution in [0.5, 0.6) is 0 Å². The van der Waals surface area contributed by atoms with Gasteiger partial charge < -0.3 is 35.4 Å². The predicted octanol–water partition coefficient (Wildman–Crippen LogP) is -3.73. The molecule has 8 nitrogen and oxygen atoms in total. The van der Waals surface area contributed by atoms with Crippen LogP contribution in [0.2, 0.25) is 0 Å². The third-order valence-electron chi connectivity index (χ3n) is 2.49. The number of carbonyl (C=O) groups is 1. The van der Waals surface area contributed by atoms with Gasteiger partial charge in [0.2, 0.25) is 0 Å². The molecule has 1 unspecified atom stereocenters. The van der Waals surface area contributed by atoms with Crippen LogP contribution >= 0.6 is 0 Å². The van der Waals surface area contributed by atoms with Gasteiger partial charge in [-0.05, 0) is 0 Å². The van der Waals surface area contributed by atoms with Crippen molar-refractivity contribution in [3.63, 3.8) is 0 Å². The van der Waals surface area contributed by atoms with E-state index in [2.05, 4.69) is 0 Å². The second kappa shape index (κ2) is 5.04. The van der Waals surface area contributed by atoms with Crippen LogP contribution in [-0.2, 0) is 9.53 Å². The van der Waals surface area contributed by atoms with Crippen LogP contribution in [-0.4, -0.2) is 79.8 Å². The molecule has 0 saturated carbocycles. The standard InChI is InChI=1S/C8H14O8/c9-1-2-3(10)4(11)5(12)7(16-2)6(13)8(14)15/h2-7,9-13H,1H2,(H,14,15)/t2-,3-,4+,5-,6?,7-/m1/s1. The van der Waals surface area contributed by atoms with Crippen LogP contribution in [0.1, 0.15) is 0 Å². The summed E-state index contributed by atoms with van der Waals surface area (Å²) in [5.41, 5.74) is 0. The largest absolute Gasteiger partial charge is 0.479 e. The van der Waals surface area contributed by atoms with Crippen molar-refractivity contribution in [2.24, 2.45) is 0 Å². The summed E-state index contributed by atoms with van der Waals surface area (Å²) < 4.78 is 4.81. The molecule has 1 rings (SSSR count). The molecule has 16 heavy (non-hydrogen) atoms. The van der Waals surface area contributed by atoms with Crippen LogP contribution in [0, 0.1) is 0 Å². The van der Waals surface area contributed by atoms with Crippen molar-refractivity contribution in [1.29, 1.82) is 0 Å². The van der Waals surface area contributed by atoms with E-state index in [1.165, 1.54) is 0 Å². The fraction of sp³-hybridized carbons (Fsp3) is 0.875. The first-order chi connectivity index (χ1) is 7.40. The Hall–Kier alpha value is -0.770. The fourth-order valence-corrected chi connectivity index (χ4v) is 1.53. The molecule has 0 aromatic heterocycles. The molecule has 1 fully saturated rings. The van der Waals surface area contributed by atoms with Crippen LogP contribution < -0.4 is 0 Å². The highest BCUT2D eigenvalue weighted by Crippen LogP contribution is 2.23. The SMILES string of the molecule is O=C(O)C(O)[C@@H]1O[C@H](CO)[C@@H](O)[C@H](O)[C@H]1O. The molecule has 0 aromatic carbocycles. The molecule has 0 amide bonds. The molecule has 94 valence electrons. The molecule has 6 atom stereocenters. The maximum Gasteiger partial charge on any atom is 0.335 e. The normalized spacial score (nSPS) is 41.7. The highest BCUT2D eigenvalue weighted by molar-refractivity contribution is 5.72.